The zero-order valence-corrected chi connectivity index (χ0v) is 66.0. The van der Waals surface area contributed by atoms with Crippen LogP contribution in [-0.2, 0) is 76.3 Å². The fourth-order valence-corrected chi connectivity index (χ4v) is 22.2. The summed E-state index contributed by atoms with van der Waals surface area (Å²) in [4.78, 5) is 0. The quantitative estimate of drug-likeness (QED) is 0.0850. The molecule has 0 unspecified atom stereocenters. The smallest absolute Gasteiger partial charge is 0.416 e. The minimum absolute atomic E-state index is 0.146. The molecular formula is C85H108BF9O5Si. The van der Waals surface area contributed by atoms with Gasteiger partial charge >= 0.3 is 25.4 Å². The minimum Gasteiger partial charge on any atom is -0.496 e. The molecule has 8 rings (SSSR count). The third kappa shape index (κ3) is 14.8. The van der Waals surface area contributed by atoms with E-state index in [1.54, 1.807) is 40.6 Å². The fraction of sp³-hybridized carbons (Fsp3) is 0.506. The van der Waals surface area contributed by atoms with Crippen LogP contribution in [0, 0.1) is 0 Å². The highest BCUT2D eigenvalue weighted by molar-refractivity contribution is 7.00. The molecule has 1 saturated heterocycles. The van der Waals surface area contributed by atoms with E-state index in [2.05, 4.69) is 215 Å². The summed E-state index contributed by atoms with van der Waals surface area (Å²) < 4.78 is 175. The Morgan fingerprint density at radius 2 is 0.465 bits per heavy atom. The predicted molar refractivity (Wildman–Crippen MR) is 398 cm³/mol. The Labute approximate surface area is 598 Å². The van der Waals surface area contributed by atoms with Crippen molar-refractivity contribution in [3.05, 3.63) is 205 Å². The zero-order chi connectivity index (χ0) is 76.4. The van der Waals surface area contributed by atoms with E-state index in [-0.39, 0.29) is 23.8 Å². The molecule has 0 aromatic heterocycles. The van der Waals surface area contributed by atoms with Gasteiger partial charge in [0.2, 0.25) is 8.32 Å². The van der Waals surface area contributed by atoms with E-state index in [0.29, 0.717) is 50.4 Å². The molecule has 548 valence electrons. The van der Waals surface area contributed by atoms with Gasteiger partial charge in [-0.05, 0) is 94.5 Å². The van der Waals surface area contributed by atoms with Crippen molar-refractivity contribution in [1.29, 1.82) is 0 Å². The molecule has 5 nitrogen and oxygen atoms in total. The Morgan fingerprint density at radius 3 is 0.624 bits per heavy atom. The van der Waals surface area contributed by atoms with Crippen LogP contribution < -0.4 is 35.1 Å². The molecule has 16 heteroatoms. The molecule has 101 heavy (non-hydrogen) atoms. The van der Waals surface area contributed by atoms with Crippen molar-refractivity contribution < 1.29 is 62.8 Å². The van der Waals surface area contributed by atoms with Gasteiger partial charge in [0.05, 0.1) is 45.1 Å². The molecule has 0 N–H and O–H groups in total. The van der Waals surface area contributed by atoms with Crippen LogP contribution in [0.4, 0.5) is 39.5 Å². The summed E-state index contributed by atoms with van der Waals surface area (Å²) in [6, 6.07) is 31.9. The van der Waals surface area contributed by atoms with Crippen molar-refractivity contribution >= 4 is 31.3 Å². The number of hydrogen-bond donors (Lipinski definition) is 0. The average molecular weight is 1420 g/mol. The molecule has 0 spiro atoms. The van der Waals surface area contributed by atoms with Crippen LogP contribution in [0.15, 0.2) is 121 Å². The first-order chi connectivity index (χ1) is 45.8. The van der Waals surface area contributed by atoms with Gasteiger partial charge in [0.1, 0.15) is 23.0 Å². The van der Waals surface area contributed by atoms with Gasteiger partial charge in [-0.15, -0.1) is 0 Å². The second-order valence-corrected chi connectivity index (χ2v) is 40.1. The SMILES string of the molecule is COc1c(C(C)(C)C)cc(C2(c3cc(C(C)(C)C)c(OC)c(C(C)(C)C)c3)CCC(c3cc(C(C)(C)C)c(OC)c(C(C)(C)C)c3)(c3cc(C(C)(C)C)c(OC)c(C(C)(C)C)c3)[Si]2(OB(c2ccc(C(F)(F)F)cc2)c2ccc(C(F)(F)F)cc2)c2ccc(C(F)(F)F)cc2)cc1C(C)(C)C. The highest BCUT2D eigenvalue weighted by atomic mass is 28.4. The van der Waals surface area contributed by atoms with Gasteiger partial charge in [-0.25, -0.2) is 0 Å². The summed E-state index contributed by atoms with van der Waals surface area (Å²) in [6.07, 6.45) is -14.2. The van der Waals surface area contributed by atoms with E-state index in [4.69, 9.17) is 18.9 Å². The molecule has 0 atom stereocenters. The van der Waals surface area contributed by atoms with Gasteiger partial charge in [0.25, 0.3) is 0 Å². The van der Waals surface area contributed by atoms with Gasteiger partial charge in [-0.1, -0.05) is 287 Å². The molecule has 0 radical (unpaired) electrons. The van der Waals surface area contributed by atoms with E-state index in [9.17, 15) is 4.34 Å². The third-order valence-corrected chi connectivity index (χ3v) is 26.5. The Morgan fingerprint density at radius 1 is 0.287 bits per heavy atom. The van der Waals surface area contributed by atoms with Crippen molar-refractivity contribution in [1.82, 2.24) is 0 Å². The van der Waals surface area contributed by atoms with Gasteiger partial charge in [-0.2, -0.15) is 39.5 Å². The standard InChI is InChI=1S/C85H108BF9O5Si/c1-73(2,3)61-43-54(44-62(69(61)96-25)74(4,5)6)81(55-45-63(75(7,8)9)70(97-26)64(46-55)76(10,11)12)41-42-82(56-47-65(77(13,14)15)71(98-27)66(48-56)78(16,17)18,57-49-67(79(19,20)21)72(99-28)68(50-57)80(22,23)24)101(81,60-39-33-53(34-40-60)85(93,94)95)100-86(58-35-29-51(30-36-58)83(87,88)89)59-37-31-52(32-38-59)84(90,91)92/h29-40,43-50H,41-42H2,1-28H3. The fourth-order valence-electron chi connectivity index (χ4n) is 15.5. The number of benzene rings is 7. The molecule has 7 aromatic rings. The first kappa shape index (κ1) is 80.0. The molecule has 7 aromatic carbocycles. The summed E-state index contributed by atoms with van der Waals surface area (Å²) in [7, 11) is 1.23. The second-order valence-electron chi connectivity index (χ2n) is 36.2. The normalized spacial score (nSPS) is 15.8. The minimum atomic E-state index is -5.38. The lowest BCUT2D eigenvalue weighted by Crippen LogP contribution is -2.76. The Balaban J connectivity index is 1.96. The number of alkyl halides is 9. The van der Waals surface area contributed by atoms with Gasteiger partial charge in [-0.3, -0.25) is 0 Å². The molecule has 0 aliphatic carbocycles. The number of methoxy groups -OCH3 is 4. The van der Waals surface area contributed by atoms with E-state index in [1.165, 1.54) is 24.3 Å². The summed E-state index contributed by atoms with van der Waals surface area (Å²) in [5, 5.41) is -2.90. The molecular weight excluding hydrogens is 1310 g/mol. The molecule has 0 amide bonds. The van der Waals surface area contributed by atoms with Crippen molar-refractivity contribution in [3.8, 4) is 23.0 Å². The number of ether oxygens (including phenoxy) is 4. The van der Waals surface area contributed by atoms with E-state index >= 15 is 39.5 Å². The molecule has 0 bridgehead atoms. The Hall–Kier alpha value is -6.65. The first-order valence-corrected chi connectivity index (χ1v) is 36.9. The number of halogens is 9. The maximum absolute atomic E-state index is 15.9. The molecule has 1 aliphatic heterocycles. The van der Waals surface area contributed by atoms with Crippen LogP contribution >= 0.6 is 0 Å². The van der Waals surface area contributed by atoms with Crippen molar-refractivity contribution in [2.75, 3.05) is 28.4 Å². The number of hydrogen-bond acceptors (Lipinski definition) is 5. The highest BCUT2D eigenvalue weighted by Gasteiger charge is 2.75. The van der Waals surface area contributed by atoms with E-state index in [1.807, 2.05) is 0 Å². The van der Waals surface area contributed by atoms with Crippen LogP contribution in [-0.4, -0.2) is 43.7 Å². The molecule has 1 aliphatic rings. The average Bonchev–Trinajstić information content (AvgIpc) is 1.54. The van der Waals surface area contributed by atoms with Crippen molar-refractivity contribution in [2.24, 2.45) is 0 Å². The van der Waals surface area contributed by atoms with Crippen LogP contribution in [0.1, 0.15) is 262 Å². The van der Waals surface area contributed by atoms with Crippen molar-refractivity contribution in [2.45, 2.75) is 251 Å². The monoisotopic (exact) mass is 1420 g/mol. The number of rotatable bonds is 13. The summed E-state index contributed by atoms with van der Waals surface area (Å²) in [5.41, 5.74) is 1.18. The Kier molecular flexibility index (Phi) is 21.0. The van der Waals surface area contributed by atoms with Gasteiger partial charge in [0, 0.05) is 54.6 Å². The lowest BCUT2D eigenvalue weighted by Gasteiger charge is -2.56. The van der Waals surface area contributed by atoms with Crippen LogP contribution in [0.3, 0.4) is 0 Å². The van der Waals surface area contributed by atoms with Gasteiger partial charge < -0.3 is 23.3 Å². The van der Waals surface area contributed by atoms with E-state index < -0.39 is 104 Å². The Bertz CT molecular complexity index is 3620. The topological polar surface area (TPSA) is 46.2 Å². The van der Waals surface area contributed by atoms with Crippen LogP contribution in [0.5, 0.6) is 23.0 Å². The van der Waals surface area contributed by atoms with Crippen LogP contribution in [0.25, 0.3) is 0 Å². The summed E-state index contributed by atoms with van der Waals surface area (Å²) in [6.45, 7) is 49.0. The lowest BCUT2D eigenvalue weighted by atomic mass is 9.56. The zero-order valence-electron chi connectivity index (χ0n) is 65.0. The van der Waals surface area contributed by atoms with Crippen molar-refractivity contribution in [3.63, 3.8) is 0 Å². The predicted octanol–water partition coefficient (Wildman–Crippen LogP) is 22.0. The maximum Gasteiger partial charge on any atom is 0.416 e. The first-order valence-electron chi connectivity index (χ1n) is 35.0. The largest absolute Gasteiger partial charge is 0.496 e. The summed E-state index contributed by atoms with van der Waals surface area (Å²) >= 11 is 0. The molecule has 1 heterocycles. The summed E-state index contributed by atoms with van der Waals surface area (Å²) in [5.74, 6) is 2.51. The second kappa shape index (κ2) is 26.5. The molecule has 1 fully saturated rings. The molecule has 0 saturated carbocycles. The van der Waals surface area contributed by atoms with E-state index in [0.717, 1.165) is 80.9 Å². The van der Waals surface area contributed by atoms with Gasteiger partial charge in [0.15, 0.2) is 0 Å². The van der Waals surface area contributed by atoms with Crippen LogP contribution in [0.2, 0.25) is 0 Å². The lowest BCUT2D eigenvalue weighted by molar-refractivity contribution is -0.138. The third-order valence-electron chi connectivity index (χ3n) is 20.7. The highest BCUT2D eigenvalue weighted by Crippen LogP contribution is 2.67. The maximum atomic E-state index is 15.9.